The monoisotopic (exact) mass is 550 g/mol. The normalized spacial score (nSPS) is 35.0. The molecule has 5 fully saturated rings. The van der Waals surface area contributed by atoms with Gasteiger partial charge in [-0.25, -0.2) is 9.52 Å². The Bertz CT molecular complexity index is 1170. The fourth-order valence-corrected chi connectivity index (χ4v) is 9.17. The van der Waals surface area contributed by atoms with Crippen molar-refractivity contribution in [2.24, 2.45) is 22.2 Å². The summed E-state index contributed by atoms with van der Waals surface area (Å²) in [5.41, 5.74) is -2.23. The summed E-state index contributed by atoms with van der Waals surface area (Å²) >= 11 is 0. The molecule has 0 radical (unpaired) electrons. The van der Waals surface area contributed by atoms with E-state index in [1.54, 1.807) is 26.8 Å². The number of rotatable bonds is 6. The van der Waals surface area contributed by atoms with E-state index in [0.29, 0.717) is 26.1 Å². The molecule has 3 saturated carbocycles. The molecule has 0 bridgehead atoms. The van der Waals surface area contributed by atoms with E-state index in [-0.39, 0.29) is 22.7 Å². The zero-order valence-corrected chi connectivity index (χ0v) is 24.1. The number of carbonyl (C=O) groups is 3. The lowest BCUT2D eigenvalue weighted by Gasteiger charge is -2.32. The molecule has 10 nitrogen and oxygen atoms in total. The van der Waals surface area contributed by atoms with Crippen LogP contribution in [0.15, 0.2) is 12.7 Å². The first-order valence-corrected chi connectivity index (χ1v) is 15.3. The van der Waals surface area contributed by atoms with E-state index in [1.807, 2.05) is 0 Å². The fraction of sp³-hybridized carbons (Fsp3) is 0.815. The van der Waals surface area contributed by atoms with Gasteiger partial charge in [-0.3, -0.25) is 14.5 Å². The van der Waals surface area contributed by atoms with Gasteiger partial charge in [0.25, 0.3) is 5.91 Å². The lowest BCUT2D eigenvalue weighted by Crippen LogP contribution is -2.57. The van der Waals surface area contributed by atoms with Crippen LogP contribution in [-0.4, -0.2) is 72.3 Å². The Morgan fingerprint density at radius 1 is 1.03 bits per heavy atom. The van der Waals surface area contributed by atoms with E-state index in [4.69, 9.17) is 4.74 Å². The van der Waals surface area contributed by atoms with Gasteiger partial charge in [-0.15, -0.1) is 6.58 Å². The smallest absolute Gasteiger partial charge is 0.410 e. The predicted octanol–water partition coefficient (Wildman–Crippen LogP) is 2.71. The maximum absolute atomic E-state index is 13.9. The molecular weight excluding hydrogens is 508 g/mol. The van der Waals surface area contributed by atoms with Crippen molar-refractivity contribution in [1.29, 1.82) is 0 Å². The Kier molecular flexibility index (Phi) is 6.08. The average molecular weight is 551 g/mol. The van der Waals surface area contributed by atoms with Crippen LogP contribution in [-0.2, 0) is 24.5 Å². The molecule has 2 saturated heterocycles. The zero-order valence-electron chi connectivity index (χ0n) is 23.3. The fourth-order valence-electron chi connectivity index (χ4n) is 7.88. The number of nitrogens with one attached hydrogen (secondary N) is 2. The Morgan fingerprint density at radius 3 is 2.13 bits per heavy atom. The van der Waals surface area contributed by atoms with E-state index in [1.165, 1.54) is 9.21 Å². The lowest BCUT2D eigenvalue weighted by molar-refractivity contribution is -0.131. The van der Waals surface area contributed by atoms with Crippen molar-refractivity contribution in [3.05, 3.63) is 12.7 Å². The molecule has 3 amide bonds. The highest BCUT2D eigenvalue weighted by Gasteiger charge is 2.85. The first-order valence-electron chi connectivity index (χ1n) is 13.8. The SMILES string of the molecule is C=C[C@@H]1C[C@]1(NC(=O)[C@@H]1C[C@@]2(CN1C(=O)OC(C)(C)C)C(C)(C)C21CCC1)C(=O)NS(=O)(=O)N1CCCC1. The molecule has 2 aliphatic heterocycles. The molecule has 5 aliphatic rings. The number of likely N-dealkylation sites (tertiary alicyclic amines) is 1. The first-order chi connectivity index (χ1) is 17.6. The van der Waals surface area contributed by atoms with Crippen LogP contribution >= 0.6 is 0 Å². The maximum atomic E-state index is 13.9. The van der Waals surface area contributed by atoms with Gasteiger partial charge in [-0.1, -0.05) is 26.3 Å². The summed E-state index contributed by atoms with van der Waals surface area (Å²) in [4.78, 5) is 42.1. The number of carbonyl (C=O) groups excluding carboxylic acids is 3. The second-order valence-electron chi connectivity index (χ2n) is 13.5. The Hall–Kier alpha value is -2.14. The molecule has 0 aromatic heterocycles. The minimum Gasteiger partial charge on any atom is -0.444 e. The van der Waals surface area contributed by atoms with Gasteiger partial charge in [0.15, 0.2) is 0 Å². The van der Waals surface area contributed by atoms with Crippen LogP contribution in [0, 0.1) is 22.2 Å². The van der Waals surface area contributed by atoms with E-state index in [2.05, 4.69) is 30.5 Å². The minimum absolute atomic E-state index is 0.0182. The van der Waals surface area contributed by atoms with E-state index in [9.17, 15) is 22.8 Å². The molecule has 0 aromatic rings. The number of ether oxygens (including phenoxy) is 1. The molecule has 5 rings (SSSR count). The second kappa shape index (κ2) is 8.43. The summed E-state index contributed by atoms with van der Waals surface area (Å²) in [6.07, 6.45) is 6.56. The number of nitrogens with zero attached hydrogens (tertiary/aromatic N) is 2. The summed E-state index contributed by atoms with van der Waals surface area (Å²) in [5, 5.41) is 2.87. The highest BCUT2D eigenvalue weighted by molar-refractivity contribution is 7.87. The van der Waals surface area contributed by atoms with E-state index < -0.39 is 51.2 Å². The van der Waals surface area contributed by atoms with Gasteiger partial charge >= 0.3 is 16.3 Å². The van der Waals surface area contributed by atoms with Crippen molar-refractivity contribution >= 4 is 28.1 Å². The molecule has 2 heterocycles. The lowest BCUT2D eigenvalue weighted by atomic mass is 9.73. The standard InChI is InChI=1S/C27H42N4O6S/c1-7-18-15-27(18,21(33)29-38(35,36)30-13-8-9-14-30)28-20(32)19-16-26(24(5,6)25(26)11-10-12-25)17-31(19)22(34)37-23(2,3)4/h7,18-19H,1,8-17H2,2-6H3,(H,28,32)(H,29,33)/t18-,19+,26-,27-/m1/s1. The minimum atomic E-state index is -4.00. The van der Waals surface area contributed by atoms with Gasteiger partial charge < -0.3 is 10.1 Å². The maximum Gasteiger partial charge on any atom is 0.410 e. The zero-order chi connectivity index (χ0) is 27.9. The summed E-state index contributed by atoms with van der Waals surface area (Å²) in [6.45, 7) is 14.8. The topological polar surface area (TPSA) is 125 Å². The third-order valence-electron chi connectivity index (χ3n) is 10.4. The van der Waals surface area contributed by atoms with Crippen molar-refractivity contribution in [1.82, 2.24) is 19.2 Å². The van der Waals surface area contributed by atoms with Crippen molar-refractivity contribution in [2.75, 3.05) is 19.6 Å². The van der Waals surface area contributed by atoms with Crippen LogP contribution in [0.3, 0.4) is 0 Å². The highest BCUT2D eigenvalue weighted by Crippen LogP contribution is 2.88. The van der Waals surface area contributed by atoms with Crippen molar-refractivity contribution < 1.29 is 27.5 Å². The number of amides is 3. The van der Waals surface area contributed by atoms with Crippen molar-refractivity contribution in [2.45, 2.75) is 96.7 Å². The summed E-state index contributed by atoms with van der Waals surface area (Å²) in [5.74, 6) is -1.62. The number of hydrogen-bond acceptors (Lipinski definition) is 6. The van der Waals surface area contributed by atoms with Gasteiger partial charge in [-0.05, 0) is 70.1 Å². The Morgan fingerprint density at radius 2 is 1.66 bits per heavy atom. The summed E-state index contributed by atoms with van der Waals surface area (Å²) < 4.78 is 34.7. The van der Waals surface area contributed by atoms with Crippen LogP contribution < -0.4 is 10.0 Å². The van der Waals surface area contributed by atoms with Gasteiger partial charge in [0.1, 0.15) is 17.2 Å². The Labute approximate surface area is 226 Å². The molecule has 4 atom stereocenters. The largest absolute Gasteiger partial charge is 0.444 e. The van der Waals surface area contributed by atoms with Gasteiger partial charge in [0.05, 0.1) is 0 Å². The number of hydrogen-bond donors (Lipinski definition) is 2. The molecule has 0 unspecified atom stereocenters. The molecule has 212 valence electrons. The van der Waals surface area contributed by atoms with Gasteiger partial charge in [-0.2, -0.15) is 12.7 Å². The molecule has 2 spiro atoms. The van der Waals surface area contributed by atoms with Crippen LogP contribution in [0.25, 0.3) is 0 Å². The van der Waals surface area contributed by atoms with E-state index >= 15 is 0 Å². The second-order valence-corrected chi connectivity index (χ2v) is 15.2. The average Bonchev–Trinajstić information content (AvgIpc) is 3.27. The van der Waals surface area contributed by atoms with Crippen LogP contribution in [0.2, 0.25) is 0 Å². The molecule has 38 heavy (non-hydrogen) atoms. The Balaban J connectivity index is 1.38. The highest BCUT2D eigenvalue weighted by atomic mass is 32.2. The molecule has 3 aliphatic carbocycles. The molecule has 0 aromatic carbocycles. The quantitative estimate of drug-likeness (QED) is 0.490. The molecule has 11 heteroatoms. The van der Waals surface area contributed by atoms with Crippen molar-refractivity contribution in [3.63, 3.8) is 0 Å². The number of fused-ring (bicyclic) bond motifs is 1. The van der Waals surface area contributed by atoms with Crippen LogP contribution in [0.1, 0.15) is 79.6 Å². The summed E-state index contributed by atoms with van der Waals surface area (Å²) in [6, 6.07) is -0.810. The van der Waals surface area contributed by atoms with E-state index in [0.717, 1.165) is 32.1 Å². The third kappa shape index (κ3) is 3.82. The van der Waals surface area contributed by atoms with Gasteiger partial charge in [0.2, 0.25) is 5.91 Å². The van der Waals surface area contributed by atoms with Gasteiger partial charge in [0, 0.05) is 31.0 Å². The first kappa shape index (κ1) is 27.4. The molecular formula is C27H42N4O6S. The third-order valence-corrected chi connectivity index (χ3v) is 11.9. The molecule has 2 N–H and O–H groups in total. The van der Waals surface area contributed by atoms with Crippen LogP contribution in [0.5, 0.6) is 0 Å². The van der Waals surface area contributed by atoms with Crippen molar-refractivity contribution in [3.8, 4) is 0 Å². The van der Waals surface area contributed by atoms with Crippen LogP contribution in [0.4, 0.5) is 4.79 Å². The predicted molar refractivity (Wildman–Crippen MR) is 141 cm³/mol. The summed E-state index contributed by atoms with van der Waals surface area (Å²) in [7, 11) is -4.00.